The number of carbonyl (C=O) groups is 2. The summed E-state index contributed by atoms with van der Waals surface area (Å²) < 4.78 is 0. The average Bonchev–Trinajstić information content (AvgIpc) is 2.52. The van der Waals surface area contributed by atoms with Crippen LogP contribution >= 0.6 is 0 Å². The number of ketones is 1. The van der Waals surface area contributed by atoms with E-state index in [4.69, 9.17) is 0 Å². The number of nitrogens with one attached hydrogen (secondary N) is 1. The van der Waals surface area contributed by atoms with Gasteiger partial charge in [0.05, 0.1) is 0 Å². The fraction of sp³-hybridized carbons (Fsp3) is 0.400. The lowest BCUT2D eigenvalue weighted by molar-refractivity contribution is -0.307. The number of hydrogen-bond donors (Lipinski definition) is 1. The molecule has 0 bridgehead atoms. The van der Waals surface area contributed by atoms with Crippen molar-refractivity contribution >= 4 is 28.2 Å². The monoisotopic (exact) mass is 324 g/mol. The number of fused-ring (bicyclic) bond motifs is 3. The van der Waals surface area contributed by atoms with E-state index < -0.39 is 11.4 Å². The van der Waals surface area contributed by atoms with Crippen molar-refractivity contribution in [1.29, 1.82) is 0 Å². The highest BCUT2D eigenvalue weighted by molar-refractivity contribution is 5.92. The van der Waals surface area contributed by atoms with Crippen LogP contribution in [0.25, 0.3) is 10.8 Å². The van der Waals surface area contributed by atoms with E-state index in [1.54, 1.807) is 13.8 Å². The molecule has 1 heterocycles. The highest BCUT2D eigenvalue weighted by Crippen LogP contribution is 2.34. The Kier molecular flexibility index (Phi) is 4.31. The molecular weight excluding hydrogens is 302 g/mol. The third-order valence-corrected chi connectivity index (χ3v) is 4.76. The lowest BCUT2D eigenvalue weighted by atomic mass is 9.78. The number of aliphatic carboxylic acids is 1. The van der Waals surface area contributed by atoms with Crippen molar-refractivity contribution in [2.75, 3.05) is 11.9 Å². The molecular formula is C20H22NO3-. The van der Waals surface area contributed by atoms with Crippen molar-refractivity contribution < 1.29 is 14.7 Å². The van der Waals surface area contributed by atoms with E-state index in [1.807, 2.05) is 12.1 Å². The number of carboxylic acids is 1. The fourth-order valence-electron chi connectivity index (χ4n) is 3.57. The predicted molar refractivity (Wildman–Crippen MR) is 92.7 cm³/mol. The zero-order valence-corrected chi connectivity index (χ0v) is 14.1. The Hall–Kier alpha value is -2.36. The standard InChI is InChI=1S/C20H23NO3/c1-20(2,11-19(23)24)10-18(22)14-9-16-15-6-4-3-5-13(15)7-8-17(16)21-12-14/h3-8,14,21H,9-12H2,1-2H3,(H,23,24)/p-1/t14-/m1/s1. The number of carboxylic acid groups (broad SMARTS) is 1. The second kappa shape index (κ2) is 6.27. The zero-order valence-electron chi connectivity index (χ0n) is 14.1. The maximum absolute atomic E-state index is 12.7. The Morgan fingerprint density at radius 2 is 1.92 bits per heavy atom. The van der Waals surface area contributed by atoms with Crippen LogP contribution in [0.5, 0.6) is 0 Å². The number of hydrogen-bond acceptors (Lipinski definition) is 4. The van der Waals surface area contributed by atoms with Gasteiger partial charge in [0.15, 0.2) is 0 Å². The van der Waals surface area contributed by atoms with E-state index in [0.717, 1.165) is 5.69 Å². The van der Waals surface area contributed by atoms with Gasteiger partial charge in [0.1, 0.15) is 5.78 Å². The van der Waals surface area contributed by atoms with E-state index >= 15 is 0 Å². The third-order valence-electron chi connectivity index (χ3n) is 4.76. The molecule has 0 saturated carbocycles. The molecule has 0 saturated heterocycles. The van der Waals surface area contributed by atoms with Crippen LogP contribution in [0.2, 0.25) is 0 Å². The Morgan fingerprint density at radius 3 is 2.67 bits per heavy atom. The smallest absolute Gasteiger partial charge is 0.138 e. The molecule has 1 aliphatic rings. The van der Waals surface area contributed by atoms with Gasteiger partial charge in [-0.15, -0.1) is 0 Å². The number of benzene rings is 2. The molecule has 1 aliphatic heterocycles. The molecule has 0 aromatic heterocycles. The van der Waals surface area contributed by atoms with E-state index in [-0.39, 0.29) is 24.5 Å². The molecule has 24 heavy (non-hydrogen) atoms. The summed E-state index contributed by atoms with van der Waals surface area (Å²) in [5.74, 6) is -1.11. The quantitative estimate of drug-likeness (QED) is 0.917. The van der Waals surface area contributed by atoms with Crippen molar-refractivity contribution in [3.63, 3.8) is 0 Å². The van der Waals surface area contributed by atoms with Crippen molar-refractivity contribution in [3.8, 4) is 0 Å². The maximum Gasteiger partial charge on any atom is 0.138 e. The summed E-state index contributed by atoms with van der Waals surface area (Å²) in [6.07, 6.45) is 0.857. The second-order valence-electron chi connectivity index (χ2n) is 7.45. The van der Waals surface area contributed by atoms with Crippen LogP contribution in [0.4, 0.5) is 5.69 Å². The van der Waals surface area contributed by atoms with Crippen molar-refractivity contribution in [2.45, 2.75) is 33.1 Å². The first kappa shape index (κ1) is 16.5. The van der Waals surface area contributed by atoms with Gasteiger partial charge in [-0.2, -0.15) is 0 Å². The molecule has 126 valence electrons. The van der Waals surface area contributed by atoms with Crippen molar-refractivity contribution in [1.82, 2.24) is 0 Å². The Labute approximate surface area is 141 Å². The molecule has 0 radical (unpaired) electrons. The molecule has 1 N–H and O–H groups in total. The lowest BCUT2D eigenvalue weighted by Gasteiger charge is -2.30. The molecule has 0 unspecified atom stereocenters. The molecule has 0 amide bonds. The van der Waals surface area contributed by atoms with Crippen molar-refractivity contribution in [2.24, 2.45) is 11.3 Å². The van der Waals surface area contributed by atoms with Crippen LogP contribution in [0.15, 0.2) is 36.4 Å². The molecule has 4 nitrogen and oxygen atoms in total. The summed E-state index contributed by atoms with van der Waals surface area (Å²) in [4.78, 5) is 23.5. The van der Waals surface area contributed by atoms with E-state index in [9.17, 15) is 14.7 Å². The highest BCUT2D eigenvalue weighted by atomic mass is 16.4. The largest absolute Gasteiger partial charge is 0.550 e. The Bertz CT molecular complexity index is 795. The fourth-order valence-corrected chi connectivity index (χ4v) is 3.57. The molecule has 4 heteroatoms. The normalized spacial score (nSPS) is 17.2. The molecule has 2 aromatic carbocycles. The van der Waals surface area contributed by atoms with Crippen LogP contribution in [0, 0.1) is 11.3 Å². The first-order valence-corrected chi connectivity index (χ1v) is 8.33. The van der Waals surface area contributed by atoms with Gasteiger partial charge in [0.2, 0.25) is 0 Å². The van der Waals surface area contributed by atoms with E-state index in [2.05, 4.69) is 29.6 Å². The number of rotatable bonds is 5. The van der Waals surface area contributed by atoms with Crippen molar-refractivity contribution in [3.05, 3.63) is 42.0 Å². The highest BCUT2D eigenvalue weighted by Gasteiger charge is 2.30. The minimum atomic E-state index is -1.11. The summed E-state index contributed by atoms with van der Waals surface area (Å²) in [7, 11) is 0. The first-order chi connectivity index (χ1) is 11.4. The first-order valence-electron chi connectivity index (χ1n) is 8.33. The molecule has 2 aromatic rings. The maximum atomic E-state index is 12.7. The summed E-state index contributed by atoms with van der Waals surface area (Å²) >= 11 is 0. The van der Waals surface area contributed by atoms with Crippen LogP contribution in [-0.4, -0.2) is 18.3 Å². The minimum absolute atomic E-state index is 0.0988. The molecule has 0 aliphatic carbocycles. The average molecular weight is 324 g/mol. The topological polar surface area (TPSA) is 69.2 Å². The number of carbonyl (C=O) groups excluding carboxylic acids is 2. The Morgan fingerprint density at radius 1 is 1.17 bits per heavy atom. The van der Waals surface area contributed by atoms with E-state index in [0.29, 0.717) is 13.0 Å². The molecule has 1 atom stereocenters. The number of anilines is 1. The van der Waals surface area contributed by atoms with Crippen LogP contribution in [0.3, 0.4) is 0 Å². The number of Topliss-reactive ketones (excluding diaryl/α,β-unsaturated/α-hetero) is 1. The van der Waals surface area contributed by atoms with Gasteiger partial charge < -0.3 is 15.2 Å². The van der Waals surface area contributed by atoms with Crippen LogP contribution < -0.4 is 10.4 Å². The van der Waals surface area contributed by atoms with Gasteiger partial charge in [0, 0.05) is 30.5 Å². The predicted octanol–water partition coefficient (Wildman–Crippen LogP) is 2.55. The van der Waals surface area contributed by atoms with Gasteiger partial charge in [-0.05, 0) is 40.7 Å². The van der Waals surface area contributed by atoms with Crippen LogP contribution in [-0.2, 0) is 16.0 Å². The van der Waals surface area contributed by atoms with Gasteiger partial charge >= 0.3 is 0 Å². The molecule has 0 fully saturated rings. The summed E-state index contributed by atoms with van der Waals surface area (Å²) in [6.45, 7) is 4.21. The van der Waals surface area contributed by atoms with Crippen LogP contribution in [0.1, 0.15) is 32.3 Å². The van der Waals surface area contributed by atoms with Gasteiger partial charge in [-0.3, -0.25) is 4.79 Å². The summed E-state index contributed by atoms with van der Waals surface area (Å²) in [6, 6.07) is 12.3. The zero-order chi connectivity index (χ0) is 17.3. The second-order valence-corrected chi connectivity index (χ2v) is 7.45. The third kappa shape index (κ3) is 3.42. The summed E-state index contributed by atoms with van der Waals surface area (Å²) in [5.41, 5.74) is 1.69. The van der Waals surface area contributed by atoms with Gasteiger partial charge in [0.25, 0.3) is 0 Å². The molecule has 3 rings (SSSR count). The lowest BCUT2D eigenvalue weighted by Crippen LogP contribution is -2.35. The Balaban J connectivity index is 1.80. The minimum Gasteiger partial charge on any atom is -0.550 e. The van der Waals surface area contributed by atoms with Gasteiger partial charge in [-0.1, -0.05) is 44.2 Å². The summed E-state index contributed by atoms with van der Waals surface area (Å²) in [5, 5.41) is 16.6. The van der Waals surface area contributed by atoms with Gasteiger partial charge in [-0.25, -0.2) is 0 Å². The molecule has 0 spiro atoms. The SMILES string of the molecule is CC(C)(CC(=O)[O-])CC(=O)[C@H]1CNc2ccc3ccccc3c2C1. The van der Waals surface area contributed by atoms with E-state index in [1.165, 1.54) is 16.3 Å².